The van der Waals surface area contributed by atoms with Crippen LogP contribution in [0.5, 0.6) is 0 Å². The molecule has 5 aromatic rings. The van der Waals surface area contributed by atoms with Crippen LogP contribution in [0.15, 0.2) is 84.9 Å². The molecule has 1 aliphatic rings. The van der Waals surface area contributed by atoms with E-state index >= 15 is 0 Å². The van der Waals surface area contributed by atoms with E-state index in [1.54, 1.807) is 0 Å². The van der Waals surface area contributed by atoms with Crippen LogP contribution in [0.4, 0.5) is 0 Å². The number of hydrogen-bond acceptors (Lipinski definition) is 2. The van der Waals surface area contributed by atoms with E-state index in [0.717, 1.165) is 16.7 Å². The van der Waals surface area contributed by atoms with Gasteiger partial charge in [-0.15, -0.1) is 0 Å². The molecule has 0 unspecified atom stereocenters. The Hall–Kier alpha value is -3.08. The molecule has 0 spiro atoms. The summed E-state index contributed by atoms with van der Waals surface area (Å²) >= 11 is 0. The summed E-state index contributed by atoms with van der Waals surface area (Å²) in [5.41, 5.74) is 3.85. The number of hydrogen-bond donors (Lipinski definition) is 0. The summed E-state index contributed by atoms with van der Waals surface area (Å²) in [5.74, 6) is 0. The highest BCUT2D eigenvalue weighted by Gasteiger charge is 2.51. The molecule has 0 radical (unpaired) electrons. The Labute approximate surface area is 188 Å². The van der Waals surface area contributed by atoms with Crippen LogP contribution >= 0.6 is 0 Å². The minimum atomic E-state index is -0.386. The lowest BCUT2D eigenvalue weighted by molar-refractivity contribution is 0.00578. The fourth-order valence-electron chi connectivity index (χ4n) is 4.77. The van der Waals surface area contributed by atoms with E-state index in [4.69, 9.17) is 9.31 Å². The third-order valence-electron chi connectivity index (χ3n) is 7.22. The number of para-hydroxylation sites is 1. The summed E-state index contributed by atoms with van der Waals surface area (Å²) in [4.78, 5) is 0. The Morgan fingerprint density at radius 2 is 1.31 bits per heavy atom. The molecule has 6 rings (SSSR count). The number of rotatable bonds is 2. The van der Waals surface area contributed by atoms with Gasteiger partial charge in [-0.2, -0.15) is 0 Å². The molecule has 158 valence electrons. The minimum absolute atomic E-state index is 0.366. The van der Waals surface area contributed by atoms with Gasteiger partial charge < -0.3 is 13.9 Å². The van der Waals surface area contributed by atoms with Crippen LogP contribution in [-0.4, -0.2) is 22.9 Å². The van der Waals surface area contributed by atoms with Crippen LogP contribution in [0.2, 0.25) is 0 Å². The van der Waals surface area contributed by atoms with Gasteiger partial charge in [0, 0.05) is 21.8 Å². The largest absolute Gasteiger partial charge is 0.494 e. The molecule has 0 amide bonds. The molecule has 0 saturated carbocycles. The fraction of sp³-hybridized carbons (Fsp3) is 0.214. The second-order valence-corrected chi connectivity index (χ2v) is 9.72. The topological polar surface area (TPSA) is 23.4 Å². The van der Waals surface area contributed by atoms with Crippen LogP contribution in [0, 0.1) is 0 Å². The average Bonchev–Trinajstić information content (AvgIpc) is 3.24. The van der Waals surface area contributed by atoms with Gasteiger partial charge in [-0.3, -0.25) is 0 Å². The molecular formula is C28H26BNO2. The molecule has 0 bridgehead atoms. The Kier molecular flexibility index (Phi) is 4.11. The molecule has 1 aliphatic heterocycles. The van der Waals surface area contributed by atoms with Crippen molar-refractivity contribution in [3.05, 3.63) is 84.9 Å². The van der Waals surface area contributed by atoms with Crippen LogP contribution in [-0.2, 0) is 9.31 Å². The van der Waals surface area contributed by atoms with Crippen molar-refractivity contribution < 1.29 is 9.31 Å². The van der Waals surface area contributed by atoms with Gasteiger partial charge >= 0.3 is 7.12 Å². The van der Waals surface area contributed by atoms with Crippen molar-refractivity contribution in [3.63, 3.8) is 0 Å². The molecule has 32 heavy (non-hydrogen) atoms. The highest BCUT2D eigenvalue weighted by Crippen LogP contribution is 2.38. The second kappa shape index (κ2) is 6.71. The lowest BCUT2D eigenvalue weighted by atomic mass is 9.79. The summed E-state index contributed by atoms with van der Waals surface area (Å²) < 4.78 is 15.1. The van der Waals surface area contributed by atoms with Gasteiger partial charge in [0.1, 0.15) is 0 Å². The molecule has 0 aliphatic carbocycles. The van der Waals surface area contributed by atoms with Crippen molar-refractivity contribution >= 4 is 45.2 Å². The zero-order valence-corrected chi connectivity index (χ0v) is 18.9. The van der Waals surface area contributed by atoms with Gasteiger partial charge in [0.25, 0.3) is 0 Å². The van der Waals surface area contributed by atoms with E-state index in [9.17, 15) is 0 Å². The zero-order chi connectivity index (χ0) is 22.1. The van der Waals surface area contributed by atoms with E-state index in [-0.39, 0.29) is 18.3 Å². The lowest BCUT2D eigenvalue weighted by Crippen LogP contribution is -2.41. The highest BCUT2D eigenvalue weighted by atomic mass is 16.7. The quantitative estimate of drug-likeness (QED) is 0.317. The summed E-state index contributed by atoms with van der Waals surface area (Å²) in [6.07, 6.45) is 0. The number of benzene rings is 4. The first kappa shape index (κ1) is 19.6. The normalized spacial score (nSPS) is 17.6. The van der Waals surface area contributed by atoms with Crippen molar-refractivity contribution in [3.8, 4) is 5.69 Å². The van der Waals surface area contributed by atoms with Crippen molar-refractivity contribution in [2.24, 2.45) is 0 Å². The first-order chi connectivity index (χ1) is 15.4. The van der Waals surface area contributed by atoms with Gasteiger partial charge in [0.2, 0.25) is 0 Å². The third kappa shape index (κ3) is 2.76. The van der Waals surface area contributed by atoms with Crippen LogP contribution in [0.25, 0.3) is 38.3 Å². The van der Waals surface area contributed by atoms with E-state index in [1.807, 2.05) is 0 Å². The maximum absolute atomic E-state index is 6.36. The fourth-order valence-corrected chi connectivity index (χ4v) is 4.77. The summed E-state index contributed by atoms with van der Waals surface area (Å²) in [5, 5.41) is 4.98. The van der Waals surface area contributed by atoms with Crippen molar-refractivity contribution in [1.29, 1.82) is 0 Å². The Bertz CT molecular complexity index is 1470. The van der Waals surface area contributed by atoms with Crippen LogP contribution in [0.3, 0.4) is 0 Å². The standard InChI is InChI=1S/C28H26BNO2/c1-27(2)28(3,4)32-29(31-27)20-15-17-23-24-16-14-19-10-8-9-13-22(19)26(24)30(25(23)18-20)21-11-6-5-7-12-21/h5-18H,1-4H3. The number of aromatic nitrogens is 1. The number of fused-ring (bicyclic) bond motifs is 5. The molecule has 4 heteroatoms. The lowest BCUT2D eigenvalue weighted by Gasteiger charge is -2.32. The molecular weight excluding hydrogens is 393 g/mol. The van der Waals surface area contributed by atoms with Gasteiger partial charge in [0.15, 0.2) is 0 Å². The first-order valence-corrected chi connectivity index (χ1v) is 11.2. The molecule has 2 heterocycles. The van der Waals surface area contributed by atoms with Crippen LogP contribution in [0.1, 0.15) is 27.7 Å². The average molecular weight is 419 g/mol. The Morgan fingerprint density at radius 3 is 2.06 bits per heavy atom. The van der Waals surface area contributed by atoms with Gasteiger partial charge in [-0.05, 0) is 56.7 Å². The van der Waals surface area contributed by atoms with Gasteiger partial charge in [-0.25, -0.2) is 0 Å². The third-order valence-corrected chi connectivity index (χ3v) is 7.22. The van der Waals surface area contributed by atoms with Crippen molar-refractivity contribution in [1.82, 2.24) is 4.57 Å². The van der Waals surface area contributed by atoms with E-state index < -0.39 is 0 Å². The molecule has 3 nitrogen and oxygen atoms in total. The zero-order valence-electron chi connectivity index (χ0n) is 18.9. The Balaban J connectivity index is 1.66. The highest BCUT2D eigenvalue weighted by molar-refractivity contribution is 6.62. The van der Waals surface area contributed by atoms with Gasteiger partial charge in [0.05, 0.1) is 22.2 Å². The SMILES string of the molecule is CC1(C)OB(c2ccc3c4ccc5ccccc5c4n(-c4ccccc4)c3c2)OC1(C)C. The number of nitrogens with zero attached hydrogens (tertiary/aromatic N) is 1. The molecule has 4 aromatic carbocycles. The summed E-state index contributed by atoms with van der Waals surface area (Å²) in [6, 6.07) is 30.2. The van der Waals surface area contributed by atoms with Gasteiger partial charge in [-0.1, -0.05) is 66.7 Å². The first-order valence-electron chi connectivity index (χ1n) is 11.2. The molecule has 1 saturated heterocycles. The van der Waals surface area contributed by atoms with E-state index in [0.29, 0.717) is 0 Å². The van der Waals surface area contributed by atoms with Crippen LogP contribution < -0.4 is 5.46 Å². The molecule has 0 N–H and O–H groups in total. The maximum atomic E-state index is 6.36. The van der Waals surface area contributed by atoms with Crippen molar-refractivity contribution in [2.75, 3.05) is 0 Å². The van der Waals surface area contributed by atoms with E-state index in [1.165, 1.54) is 27.1 Å². The maximum Gasteiger partial charge on any atom is 0.494 e. The summed E-state index contributed by atoms with van der Waals surface area (Å²) in [7, 11) is -0.386. The minimum Gasteiger partial charge on any atom is -0.399 e. The van der Waals surface area contributed by atoms with E-state index in [2.05, 4.69) is 117 Å². The molecule has 1 aromatic heterocycles. The Morgan fingerprint density at radius 1 is 0.656 bits per heavy atom. The molecule has 1 fully saturated rings. The second-order valence-electron chi connectivity index (χ2n) is 9.72. The predicted octanol–water partition coefficient (Wildman–Crippen LogP) is 6.24. The monoisotopic (exact) mass is 419 g/mol. The van der Waals surface area contributed by atoms with Crippen molar-refractivity contribution in [2.45, 2.75) is 38.9 Å². The predicted molar refractivity (Wildman–Crippen MR) is 134 cm³/mol. The molecule has 0 atom stereocenters. The summed E-state index contributed by atoms with van der Waals surface area (Å²) in [6.45, 7) is 8.38. The smallest absolute Gasteiger partial charge is 0.399 e.